The molecule has 0 spiro atoms. The maximum absolute atomic E-state index is 12.7. The van der Waals surface area contributed by atoms with Crippen LogP contribution in [0.2, 0.25) is 5.22 Å². The minimum absolute atomic E-state index is 0.0453. The average molecular weight is 254 g/mol. The molecule has 1 heterocycles. The first-order valence-electron chi connectivity index (χ1n) is 4.86. The first-order chi connectivity index (χ1) is 8.09. The Morgan fingerprint density at radius 2 is 1.94 bits per heavy atom. The number of benzene rings is 1. The van der Waals surface area contributed by atoms with Gasteiger partial charge in [0.2, 0.25) is 5.22 Å². The summed E-state index contributed by atoms with van der Waals surface area (Å²) in [5.74, 6) is -0.661. The minimum Gasteiger partial charge on any atom is -0.452 e. The van der Waals surface area contributed by atoms with Crippen LogP contribution in [0, 0.1) is 5.82 Å². The zero-order chi connectivity index (χ0) is 12.4. The molecule has 0 aliphatic carbocycles. The van der Waals surface area contributed by atoms with Crippen molar-refractivity contribution in [2.24, 2.45) is 0 Å². The summed E-state index contributed by atoms with van der Waals surface area (Å²) < 4.78 is 17.6. The monoisotopic (exact) mass is 253 g/mol. The van der Waals surface area contributed by atoms with Gasteiger partial charge >= 0.3 is 0 Å². The van der Waals surface area contributed by atoms with Crippen LogP contribution in [0.4, 0.5) is 10.1 Å². The third kappa shape index (κ3) is 2.31. The molecular weight excluding hydrogens is 245 g/mol. The summed E-state index contributed by atoms with van der Waals surface area (Å²) in [5, 5.41) is 0.0453. The molecular formula is C12H9ClFNO2. The van der Waals surface area contributed by atoms with E-state index in [1.54, 1.807) is 7.05 Å². The van der Waals surface area contributed by atoms with Crippen LogP contribution in [0.5, 0.6) is 0 Å². The Morgan fingerprint density at radius 3 is 2.47 bits per heavy atom. The van der Waals surface area contributed by atoms with Crippen molar-refractivity contribution in [2.75, 3.05) is 11.9 Å². The summed E-state index contributed by atoms with van der Waals surface area (Å²) in [6, 6.07) is 7.10. The second-order valence-corrected chi connectivity index (χ2v) is 3.79. The first-order valence-corrected chi connectivity index (χ1v) is 5.24. The van der Waals surface area contributed by atoms with E-state index in [4.69, 9.17) is 16.0 Å². The first kappa shape index (κ1) is 11.7. The molecule has 2 rings (SSSR count). The van der Waals surface area contributed by atoms with Crippen molar-refractivity contribution in [3.05, 3.63) is 53.2 Å². The summed E-state index contributed by atoms with van der Waals surface area (Å²) >= 11 is 5.72. The molecule has 0 saturated carbocycles. The zero-order valence-electron chi connectivity index (χ0n) is 8.98. The summed E-state index contributed by atoms with van der Waals surface area (Å²) in [6.07, 6.45) is 1.34. The van der Waals surface area contributed by atoms with Crippen LogP contribution in [0.1, 0.15) is 10.4 Å². The Kier molecular flexibility index (Phi) is 3.15. The van der Waals surface area contributed by atoms with E-state index in [0.29, 0.717) is 5.69 Å². The number of hydrogen-bond donors (Lipinski definition) is 0. The van der Waals surface area contributed by atoms with Crippen LogP contribution in [0.25, 0.3) is 0 Å². The molecule has 0 saturated heterocycles. The molecule has 0 aliphatic heterocycles. The number of amides is 1. The van der Waals surface area contributed by atoms with Crippen LogP contribution < -0.4 is 4.90 Å². The van der Waals surface area contributed by atoms with Gasteiger partial charge in [-0.1, -0.05) is 0 Å². The fourth-order valence-corrected chi connectivity index (χ4v) is 1.60. The fraction of sp³-hybridized carbons (Fsp3) is 0.0833. The number of rotatable bonds is 2. The van der Waals surface area contributed by atoms with Gasteiger partial charge in [0.05, 0.1) is 11.8 Å². The molecule has 5 heteroatoms. The predicted octanol–water partition coefficient (Wildman–Crippen LogP) is 3.35. The van der Waals surface area contributed by atoms with E-state index >= 15 is 0 Å². The second-order valence-electron chi connectivity index (χ2n) is 3.45. The third-order valence-electron chi connectivity index (χ3n) is 2.37. The van der Waals surface area contributed by atoms with Crippen LogP contribution in [-0.2, 0) is 0 Å². The van der Waals surface area contributed by atoms with Gasteiger partial charge in [-0.05, 0) is 41.9 Å². The summed E-state index contributed by atoms with van der Waals surface area (Å²) in [4.78, 5) is 13.4. The van der Waals surface area contributed by atoms with E-state index in [1.807, 2.05) is 0 Å². The van der Waals surface area contributed by atoms with Gasteiger partial charge in [0.25, 0.3) is 5.91 Å². The highest BCUT2D eigenvalue weighted by molar-refractivity contribution is 6.32. The van der Waals surface area contributed by atoms with Crippen molar-refractivity contribution in [1.82, 2.24) is 0 Å². The second kappa shape index (κ2) is 4.59. The van der Waals surface area contributed by atoms with E-state index in [2.05, 4.69) is 0 Å². The summed E-state index contributed by atoms with van der Waals surface area (Å²) in [6.45, 7) is 0. The number of hydrogen-bond acceptors (Lipinski definition) is 2. The number of furan rings is 1. The molecule has 88 valence electrons. The average Bonchev–Trinajstić information content (AvgIpc) is 2.74. The molecule has 0 bridgehead atoms. The highest BCUT2D eigenvalue weighted by Gasteiger charge is 2.18. The standard InChI is InChI=1S/C12H9ClFNO2/c1-15(9-4-2-8(14)3-5-9)12(16)10-6-7-17-11(10)13/h2-7H,1H3. The third-order valence-corrected chi connectivity index (χ3v) is 2.66. The van der Waals surface area contributed by atoms with Gasteiger partial charge in [-0.15, -0.1) is 0 Å². The molecule has 0 radical (unpaired) electrons. The Bertz CT molecular complexity index is 536. The Balaban J connectivity index is 2.26. The lowest BCUT2D eigenvalue weighted by atomic mass is 10.2. The number of carbonyl (C=O) groups is 1. The van der Waals surface area contributed by atoms with E-state index < -0.39 is 0 Å². The van der Waals surface area contributed by atoms with Gasteiger partial charge in [0.15, 0.2) is 0 Å². The SMILES string of the molecule is CN(C(=O)c1ccoc1Cl)c1ccc(F)cc1. The van der Waals surface area contributed by atoms with Crippen molar-refractivity contribution < 1.29 is 13.6 Å². The molecule has 0 N–H and O–H groups in total. The molecule has 0 atom stereocenters. The van der Waals surface area contributed by atoms with Crippen molar-refractivity contribution >= 4 is 23.2 Å². The van der Waals surface area contributed by atoms with Gasteiger partial charge in [-0.2, -0.15) is 0 Å². The predicted molar refractivity (Wildman–Crippen MR) is 62.9 cm³/mol. The van der Waals surface area contributed by atoms with E-state index in [0.717, 1.165) is 0 Å². The quantitative estimate of drug-likeness (QED) is 0.822. The largest absolute Gasteiger partial charge is 0.452 e. The lowest BCUT2D eigenvalue weighted by Gasteiger charge is -2.16. The van der Waals surface area contributed by atoms with Crippen molar-refractivity contribution in [1.29, 1.82) is 0 Å². The Hall–Kier alpha value is -1.81. The highest BCUT2D eigenvalue weighted by atomic mass is 35.5. The zero-order valence-corrected chi connectivity index (χ0v) is 9.74. The van der Waals surface area contributed by atoms with Crippen LogP contribution in [-0.4, -0.2) is 13.0 Å². The topological polar surface area (TPSA) is 33.5 Å². The van der Waals surface area contributed by atoms with Crippen LogP contribution >= 0.6 is 11.6 Å². The molecule has 17 heavy (non-hydrogen) atoms. The maximum atomic E-state index is 12.7. The summed E-state index contributed by atoms with van der Waals surface area (Å²) in [7, 11) is 1.58. The number of carbonyl (C=O) groups excluding carboxylic acids is 1. The lowest BCUT2D eigenvalue weighted by Crippen LogP contribution is -2.25. The smallest absolute Gasteiger partial charge is 0.262 e. The Morgan fingerprint density at radius 1 is 1.29 bits per heavy atom. The van der Waals surface area contributed by atoms with Crippen LogP contribution in [0.15, 0.2) is 41.0 Å². The van der Waals surface area contributed by atoms with E-state index in [9.17, 15) is 9.18 Å². The van der Waals surface area contributed by atoms with Crippen molar-refractivity contribution in [3.8, 4) is 0 Å². The lowest BCUT2D eigenvalue weighted by molar-refractivity contribution is 0.0992. The van der Waals surface area contributed by atoms with Crippen molar-refractivity contribution in [2.45, 2.75) is 0 Å². The molecule has 1 aromatic carbocycles. The maximum Gasteiger partial charge on any atom is 0.262 e. The molecule has 1 aromatic heterocycles. The van der Waals surface area contributed by atoms with Crippen molar-refractivity contribution in [3.63, 3.8) is 0 Å². The number of nitrogens with zero attached hydrogens (tertiary/aromatic N) is 1. The number of halogens is 2. The van der Waals surface area contributed by atoms with Gasteiger partial charge in [-0.25, -0.2) is 4.39 Å². The normalized spacial score (nSPS) is 10.3. The Labute approximate surface area is 102 Å². The summed E-state index contributed by atoms with van der Waals surface area (Å²) in [5.41, 5.74) is 0.854. The molecule has 1 amide bonds. The number of anilines is 1. The van der Waals surface area contributed by atoms with E-state index in [-0.39, 0.29) is 22.5 Å². The van der Waals surface area contributed by atoms with E-state index in [1.165, 1.54) is 41.5 Å². The van der Waals surface area contributed by atoms with Gasteiger partial charge in [0, 0.05) is 12.7 Å². The molecule has 0 fully saturated rings. The van der Waals surface area contributed by atoms with Gasteiger partial charge < -0.3 is 9.32 Å². The molecule has 0 unspecified atom stereocenters. The fourth-order valence-electron chi connectivity index (χ4n) is 1.41. The molecule has 3 nitrogen and oxygen atoms in total. The molecule has 0 aliphatic rings. The molecule has 2 aromatic rings. The van der Waals surface area contributed by atoms with Gasteiger partial charge in [0.1, 0.15) is 5.82 Å². The highest BCUT2D eigenvalue weighted by Crippen LogP contribution is 2.21. The van der Waals surface area contributed by atoms with Crippen LogP contribution in [0.3, 0.4) is 0 Å². The minimum atomic E-state index is -0.351. The van der Waals surface area contributed by atoms with Gasteiger partial charge in [-0.3, -0.25) is 4.79 Å².